The SMILES string of the molecule is CCOC(=O)c1ccc(NC(=O)c2cc(S(=O)(=O)N3CCOCC3)ccc2OC)c(Cl)c1. The Morgan fingerprint density at radius 3 is 2.50 bits per heavy atom. The summed E-state index contributed by atoms with van der Waals surface area (Å²) in [4.78, 5) is 24.8. The van der Waals surface area contributed by atoms with Crippen LogP contribution < -0.4 is 10.1 Å². The maximum Gasteiger partial charge on any atom is 0.338 e. The molecule has 0 spiro atoms. The van der Waals surface area contributed by atoms with Gasteiger partial charge >= 0.3 is 5.97 Å². The van der Waals surface area contributed by atoms with Crippen LogP contribution in [0.1, 0.15) is 27.6 Å². The van der Waals surface area contributed by atoms with Gasteiger partial charge in [0.25, 0.3) is 5.91 Å². The number of morpholine rings is 1. The summed E-state index contributed by atoms with van der Waals surface area (Å²) in [5.74, 6) is -0.954. The zero-order valence-corrected chi connectivity index (χ0v) is 19.2. The van der Waals surface area contributed by atoms with E-state index in [2.05, 4.69) is 5.32 Å². The summed E-state index contributed by atoms with van der Waals surface area (Å²) >= 11 is 6.22. The van der Waals surface area contributed by atoms with Crippen LogP contribution in [0.4, 0.5) is 5.69 Å². The van der Waals surface area contributed by atoms with E-state index in [1.807, 2.05) is 0 Å². The Morgan fingerprint density at radius 2 is 1.88 bits per heavy atom. The minimum absolute atomic E-state index is 0.0207. The third-order valence-electron chi connectivity index (χ3n) is 4.75. The lowest BCUT2D eigenvalue weighted by Crippen LogP contribution is -2.40. The highest BCUT2D eigenvalue weighted by molar-refractivity contribution is 7.89. The number of hydrogen-bond donors (Lipinski definition) is 1. The molecule has 172 valence electrons. The molecule has 2 aromatic carbocycles. The van der Waals surface area contributed by atoms with Crippen molar-refractivity contribution in [3.63, 3.8) is 0 Å². The normalized spacial score (nSPS) is 14.6. The van der Waals surface area contributed by atoms with Gasteiger partial charge in [-0.3, -0.25) is 4.79 Å². The molecule has 1 heterocycles. The average molecular weight is 483 g/mol. The standard InChI is InChI=1S/C21H23ClN2O7S/c1-3-31-21(26)14-4-6-18(17(22)12-14)23-20(25)16-13-15(5-7-19(16)29-2)32(27,28)24-8-10-30-11-9-24/h4-7,12-13H,3,8-11H2,1-2H3,(H,23,25). The van der Waals surface area contributed by atoms with Crippen LogP contribution in [0.3, 0.4) is 0 Å². The van der Waals surface area contributed by atoms with Crippen molar-refractivity contribution >= 4 is 39.2 Å². The van der Waals surface area contributed by atoms with E-state index < -0.39 is 21.9 Å². The van der Waals surface area contributed by atoms with Crippen molar-refractivity contribution in [1.29, 1.82) is 0 Å². The van der Waals surface area contributed by atoms with Gasteiger partial charge in [0.2, 0.25) is 10.0 Å². The Kier molecular flexibility index (Phi) is 7.73. The number of amides is 1. The Labute approximate surface area is 191 Å². The molecule has 1 amide bonds. The number of nitrogens with one attached hydrogen (secondary N) is 1. The highest BCUT2D eigenvalue weighted by Gasteiger charge is 2.28. The molecule has 32 heavy (non-hydrogen) atoms. The van der Waals surface area contributed by atoms with Crippen LogP contribution in [-0.2, 0) is 19.5 Å². The van der Waals surface area contributed by atoms with Gasteiger partial charge in [-0.15, -0.1) is 0 Å². The summed E-state index contributed by atoms with van der Waals surface area (Å²) in [6.07, 6.45) is 0. The third kappa shape index (κ3) is 5.21. The minimum Gasteiger partial charge on any atom is -0.496 e. The fourth-order valence-electron chi connectivity index (χ4n) is 3.11. The second-order valence-electron chi connectivity index (χ2n) is 6.75. The second-order valence-corrected chi connectivity index (χ2v) is 9.09. The minimum atomic E-state index is -3.80. The number of ether oxygens (including phenoxy) is 3. The molecule has 0 unspecified atom stereocenters. The van der Waals surface area contributed by atoms with Crippen molar-refractivity contribution in [2.45, 2.75) is 11.8 Å². The number of halogens is 1. The number of anilines is 1. The summed E-state index contributed by atoms with van der Waals surface area (Å²) < 4.78 is 42.6. The summed E-state index contributed by atoms with van der Waals surface area (Å²) in [6.45, 7) is 3.00. The van der Waals surface area contributed by atoms with Crippen LogP contribution in [0.25, 0.3) is 0 Å². The lowest BCUT2D eigenvalue weighted by atomic mass is 10.1. The van der Waals surface area contributed by atoms with Gasteiger partial charge in [0.05, 0.1) is 53.7 Å². The predicted molar refractivity (Wildman–Crippen MR) is 118 cm³/mol. The second kappa shape index (κ2) is 10.3. The molecule has 1 aliphatic rings. The van der Waals surface area contributed by atoms with Crippen molar-refractivity contribution in [2.24, 2.45) is 0 Å². The Morgan fingerprint density at radius 1 is 1.16 bits per heavy atom. The van der Waals surface area contributed by atoms with Crippen molar-refractivity contribution < 1.29 is 32.2 Å². The molecule has 0 saturated carbocycles. The topological polar surface area (TPSA) is 111 Å². The van der Waals surface area contributed by atoms with E-state index in [4.69, 9.17) is 25.8 Å². The molecule has 2 aromatic rings. The van der Waals surface area contributed by atoms with Gasteiger partial charge in [-0.1, -0.05) is 11.6 Å². The zero-order chi connectivity index (χ0) is 23.3. The van der Waals surface area contributed by atoms with Gasteiger partial charge in [-0.05, 0) is 43.3 Å². The molecule has 0 aliphatic carbocycles. The number of carbonyl (C=O) groups excluding carboxylic acids is 2. The van der Waals surface area contributed by atoms with Gasteiger partial charge in [0.15, 0.2) is 0 Å². The molecule has 0 atom stereocenters. The van der Waals surface area contributed by atoms with E-state index in [1.165, 1.54) is 47.8 Å². The number of methoxy groups -OCH3 is 1. The largest absolute Gasteiger partial charge is 0.496 e. The molecule has 1 aliphatic heterocycles. The van der Waals surface area contributed by atoms with E-state index in [0.29, 0.717) is 13.2 Å². The number of nitrogens with zero attached hydrogens (tertiary/aromatic N) is 1. The first-order chi connectivity index (χ1) is 15.3. The molecule has 3 rings (SSSR count). The van der Waals surface area contributed by atoms with E-state index in [1.54, 1.807) is 6.92 Å². The van der Waals surface area contributed by atoms with Crippen LogP contribution in [0.15, 0.2) is 41.3 Å². The summed E-state index contributed by atoms with van der Waals surface area (Å²) in [6, 6.07) is 8.39. The van der Waals surface area contributed by atoms with Crippen molar-refractivity contribution in [3.8, 4) is 5.75 Å². The number of benzene rings is 2. The third-order valence-corrected chi connectivity index (χ3v) is 6.96. The Bertz CT molecular complexity index is 1120. The van der Waals surface area contributed by atoms with Crippen molar-refractivity contribution in [1.82, 2.24) is 4.31 Å². The van der Waals surface area contributed by atoms with Crippen LogP contribution in [0, 0.1) is 0 Å². The first-order valence-corrected chi connectivity index (χ1v) is 11.6. The maximum absolute atomic E-state index is 13.0. The number of esters is 1. The number of sulfonamides is 1. The summed E-state index contributed by atoms with van der Waals surface area (Å²) in [5.41, 5.74) is 0.506. The van der Waals surface area contributed by atoms with E-state index in [0.717, 1.165) is 0 Å². The van der Waals surface area contributed by atoms with Gasteiger partial charge in [-0.25, -0.2) is 13.2 Å². The molecule has 0 bridgehead atoms. The summed E-state index contributed by atoms with van der Waals surface area (Å²) in [5, 5.41) is 2.75. The quantitative estimate of drug-likeness (QED) is 0.604. The molecule has 9 nitrogen and oxygen atoms in total. The van der Waals surface area contributed by atoms with Crippen LogP contribution >= 0.6 is 11.6 Å². The smallest absolute Gasteiger partial charge is 0.338 e. The summed E-state index contributed by atoms with van der Waals surface area (Å²) in [7, 11) is -2.43. The molecule has 11 heteroatoms. The fraction of sp³-hybridized carbons (Fsp3) is 0.333. The molecule has 1 N–H and O–H groups in total. The van der Waals surface area contributed by atoms with Crippen LogP contribution in [0.5, 0.6) is 5.75 Å². The van der Waals surface area contributed by atoms with Crippen molar-refractivity contribution in [2.75, 3.05) is 45.3 Å². The van der Waals surface area contributed by atoms with Gasteiger partial charge in [0.1, 0.15) is 5.75 Å². The average Bonchev–Trinajstić information content (AvgIpc) is 2.80. The first-order valence-electron chi connectivity index (χ1n) is 9.82. The molecule has 1 saturated heterocycles. The highest BCUT2D eigenvalue weighted by atomic mass is 35.5. The Hall–Kier alpha value is -2.66. The molecule has 0 aromatic heterocycles. The number of hydrogen-bond acceptors (Lipinski definition) is 7. The number of carbonyl (C=O) groups is 2. The predicted octanol–water partition coefficient (Wildman–Crippen LogP) is 2.80. The van der Waals surface area contributed by atoms with Crippen LogP contribution in [0.2, 0.25) is 5.02 Å². The zero-order valence-electron chi connectivity index (χ0n) is 17.6. The highest BCUT2D eigenvalue weighted by Crippen LogP contribution is 2.28. The fourth-order valence-corrected chi connectivity index (χ4v) is 4.77. The Balaban J connectivity index is 1.87. The van der Waals surface area contributed by atoms with E-state index >= 15 is 0 Å². The van der Waals surface area contributed by atoms with Crippen LogP contribution in [-0.4, -0.2) is 64.6 Å². The molecular weight excluding hydrogens is 460 g/mol. The van der Waals surface area contributed by atoms with E-state index in [9.17, 15) is 18.0 Å². The van der Waals surface area contributed by atoms with Crippen molar-refractivity contribution in [3.05, 3.63) is 52.5 Å². The molecular formula is C21H23ClN2O7S. The van der Waals surface area contributed by atoms with Gasteiger partial charge in [0, 0.05) is 13.1 Å². The monoisotopic (exact) mass is 482 g/mol. The lowest BCUT2D eigenvalue weighted by molar-refractivity contribution is 0.0526. The maximum atomic E-state index is 13.0. The number of rotatable bonds is 7. The first kappa shape index (κ1) is 24.0. The van der Waals surface area contributed by atoms with Gasteiger partial charge in [-0.2, -0.15) is 4.31 Å². The van der Waals surface area contributed by atoms with E-state index in [-0.39, 0.29) is 52.2 Å². The molecule has 0 radical (unpaired) electrons. The molecule has 1 fully saturated rings. The lowest BCUT2D eigenvalue weighted by Gasteiger charge is -2.26. The van der Waals surface area contributed by atoms with Gasteiger partial charge < -0.3 is 19.5 Å².